The van der Waals surface area contributed by atoms with Gasteiger partial charge in [-0.25, -0.2) is 0 Å². The van der Waals surface area contributed by atoms with Crippen LogP contribution in [0.4, 0.5) is 0 Å². The molecule has 25 heavy (non-hydrogen) atoms. The van der Waals surface area contributed by atoms with E-state index >= 15 is 0 Å². The van der Waals surface area contributed by atoms with E-state index in [-0.39, 0.29) is 42.4 Å². The molecule has 138 valence electrons. The molecule has 0 saturated heterocycles. The summed E-state index contributed by atoms with van der Waals surface area (Å²) in [6.07, 6.45) is 0.764. The van der Waals surface area contributed by atoms with E-state index in [4.69, 9.17) is 9.47 Å². The fourth-order valence-corrected chi connectivity index (χ4v) is 7.02. The third-order valence-electron chi connectivity index (χ3n) is 3.80. The predicted octanol–water partition coefficient (Wildman–Crippen LogP) is -1.59. The van der Waals surface area contributed by atoms with Crippen LogP contribution in [-0.4, -0.2) is 19.8 Å². The molecule has 0 bridgehead atoms. The summed E-state index contributed by atoms with van der Waals surface area (Å²) >= 11 is -0.321. The number of carbonyl (C=O) groups excluding carboxylic acids is 1. The predicted molar refractivity (Wildman–Crippen MR) is 93.0 cm³/mol. The van der Waals surface area contributed by atoms with Crippen molar-refractivity contribution in [1.29, 1.82) is 0 Å². The van der Waals surface area contributed by atoms with E-state index in [9.17, 15) is 4.79 Å². The van der Waals surface area contributed by atoms with Crippen LogP contribution >= 0.6 is 0 Å². The fourth-order valence-electron chi connectivity index (χ4n) is 2.31. The molecule has 2 aromatic rings. The van der Waals surface area contributed by atoms with Crippen LogP contribution in [0.15, 0.2) is 42.5 Å². The SMILES string of the molecule is COc1ccc(C[I-][C@H](C)CC(=O)[I-]C)c(C)c1Oc1ccccc1. The van der Waals surface area contributed by atoms with Gasteiger partial charge in [-0.2, -0.15) is 0 Å². The third-order valence-corrected chi connectivity index (χ3v) is 8.65. The Hall–Kier alpha value is -0.830. The molecule has 0 amide bonds. The first-order valence-electron chi connectivity index (χ1n) is 8.04. The summed E-state index contributed by atoms with van der Waals surface area (Å²) in [6.45, 7) is 4.30. The zero-order valence-electron chi connectivity index (χ0n) is 15.0. The number of halogens is 2. The number of hydrogen-bond donors (Lipinski definition) is 0. The Balaban J connectivity index is 2.14. The molecule has 5 heteroatoms. The van der Waals surface area contributed by atoms with Crippen molar-refractivity contribution in [2.45, 2.75) is 28.6 Å². The van der Waals surface area contributed by atoms with Crippen molar-refractivity contribution in [2.75, 3.05) is 12.0 Å². The maximum atomic E-state index is 11.7. The van der Waals surface area contributed by atoms with E-state index in [0.29, 0.717) is 7.71 Å². The fraction of sp³-hybridized carbons (Fsp3) is 0.350. The zero-order chi connectivity index (χ0) is 18.2. The minimum absolute atomic E-state index is 0.0603. The normalized spacial score (nSPS) is 12.2. The van der Waals surface area contributed by atoms with Gasteiger partial charge in [0.25, 0.3) is 0 Å². The molecule has 2 rings (SSSR count). The van der Waals surface area contributed by atoms with Crippen LogP contribution in [0.1, 0.15) is 24.5 Å². The van der Waals surface area contributed by atoms with Crippen LogP contribution in [0.25, 0.3) is 0 Å². The van der Waals surface area contributed by atoms with Crippen molar-refractivity contribution < 1.29 is 56.7 Å². The number of ether oxygens (including phenoxy) is 2. The van der Waals surface area contributed by atoms with Crippen LogP contribution in [0.2, 0.25) is 0 Å². The quantitative estimate of drug-likeness (QED) is 0.209. The Morgan fingerprint density at radius 1 is 1.16 bits per heavy atom. The molecule has 0 N–H and O–H groups in total. The standard InChI is InChI=1S/C20H24I2O3/c1-14(12-19(23)21-3)22-13-16-10-11-18(24-4)20(15(16)2)25-17-8-6-5-7-9-17/h5-11,14H,12-13H2,1-4H3/q-2/t14-/m1/s1. The first kappa shape index (κ1) is 20.5. The summed E-state index contributed by atoms with van der Waals surface area (Å²) in [7, 11) is 1.67. The van der Waals surface area contributed by atoms with Gasteiger partial charge in [-0.1, -0.05) is 0 Å². The average molecular weight is 566 g/mol. The Morgan fingerprint density at radius 3 is 2.52 bits per heavy atom. The molecule has 1 atom stereocenters. The first-order valence-corrected chi connectivity index (χ1v) is 14.0. The van der Waals surface area contributed by atoms with Crippen molar-refractivity contribution >= 4 is 3.79 Å². The van der Waals surface area contributed by atoms with Crippen molar-refractivity contribution in [1.82, 2.24) is 0 Å². The van der Waals surface area contributed by atoms with Gasteiger partial charge in [0, 0.05) is 0 Å². The van der Waals surface area contributed by atoms with E-state index in [0.717, 1.165) is 33.7 Å². The molecule has 3 nitrogen and oxygen atoms in total. The molecule has 0 aliphatic rings. The van der Waals surface area contributed by atoms with E-state index in [1.54, 1.807) is 7.11 Å². The van der Waals surface area contributed by atoms with E-state index in [1.165, 1.54) is 5.56 Å². The second-order valence-corrected chi connectivity index (χ2v) is 11.7. The van der Waals surface area contributed by atoms with Crippen LogP contribution in [0, 0.1) is 6.92 Å². The summed E-state index contributed by atoms with van der Waals surface area (Å²) in [5, 5.41) is 0. The van der Waals surface area contributed by atoms with Crippen LogP contribution in [0.5, 0.6) is 17.2 Å². The number of para-hydroxylation sites is 1. The van der Waals surface area contributed by atoms with Crippen molar-refractivity contribution in [2.24, 2.45) is 0 Å². The third kappa shape index (κ3) is 6.13. The van der Waals surface area contributed by atoms with Crippen LogP contribution in [-0.2, 0) is 9.22 Å². The molecule has 2 aromatic carbocycles. The number of rotatable bonds is 9. The summed E-state index contributed by atoms with van der Waals surface area (Å²) in [6, 6.07) is 13.9. The zero-order valence-corrected chi connectivity index (χ0v) is 19.3. The van der Waals surface area contributed by atoms with Gasteiger partial charge in [0.1, 0.15) is 0 Å². The molecule has 0 unspecified atom stereocenters. The van der Waals surface area contributed by atoms with Crippen LogP contribution in [0.3, 0.4) is 0 Å². The topological polar surface area (TPSA) is 35.5 Å². The molecule has 0 radical (unpaired) electrons. The molecule has 0 aliphatic carbocycles. The number of benzene rings is 2. The number of carbonyl (C=O) groups is 1. The summed E-state index contributed by atoms with van der Waals surface area (Å²) in [5.41, 5.74) is 2.43. The number of alkyl halides is 3. The average Bonchev–Trinajstić information content (AvgIpc) is 2.63. The Bertz CT molecular complexity index is 702. The van der Waals surface area contributed by atoms with Crippen molar-refractivity contribution in [3.05, 3.63) is 53.6 Å². The van der Waals surface area contributed by atoms with Gasteiger partial charge in [-0.05, 0) is 0 Å². The van der Waals surface area contributed by atoms with Gasteiger partial charge in [0.15, 0.2) is 0 Å². The van der Waals surface area contributed by atoms with Gasteiger partial charge in [-0.15, -0.1) is 0 Å². The van der Waals surface area contributed by atoms with Crippen LogP contribution < -0.4 is 51.9 Å². The second kappa shape index (κ2) is 10.4. The number of hydrogen-bond acceptors (Lipinski definition) is 3. The van der Waals surface area contributed by atoms with Gasteiger partial charge >= 0.3 is 172 Å². The molecular weight excluding hydrogens is 542 g/mol. The molecule has 0 spiro atoms. The van der Waals surface area contributed by atoms with E-state index in [2.05, 4.69) is 19.9 Å². The Kier molecular flexibility index (Phi) is 8.48. The van der Waals surface area contributed by atoms with Crippen molar-refractivity contribution in [3.63, 3.8) is 0 Å². The Labute approximate surface area is 171 Å². The maximum absolute atomic E-state index is 11.7. The molecule has 0 heterocycles. The van der Waals surface area contributed by atoms with Gasteiger partial charge < -0.3 is 0 Å². The van der Waals surface area contributed by atoms with Gasteiger partial charge in [-0.3, -0.25) is 0 Å². The monoisotopic (exact) mass is 566 g/mol. The first-order chi connectivity index (χ1) is 12.0. The number of methoxy groups -OCH3 is 1. The summed E-state index contributed by atoms with van der Waals surface area (Å²) < 4.78 is 13.6. The minimum atomic E-state index is -0.261. The van der Waals surface area contributed by atoms with E-state index < -0.39 is 0 Å². The molecular formula is C20H24I2O3-2. The van der Waals surface area contributed by atoms with Crippen molar-refractivity contribution in [3.8, 4) is 17.2 Å². The Morgan fingerprint density at radius 2 is 1.88 bits per heavy atom. The molecule has 0 fully saturated rings. The summed E-state index contributed by atoms with van der Waals surface area (Å²) in [5.74, 6) is 2.35. The molecule has 0 aliphatic heterocycles. The summed E-state index contributed by atoms with van der Waals surface area (Å²) in [4.78, 5) is 13.7. The molecule has 0 saturated carbocycles. The second-order valence-electron chi connectivity index (χ2n) is 5.61. The molecule has 0 aromatic heterocycles. The van der Waals surface area contributed by atoms with Gasteiger partial charge in [0.2, 0.25) is 0 Å². The van der Waals surface area contributed by atoms with Gasteiger partial charge in [0.05, 0.1) is 0 Å². The van der Waals surface area contributed by atoms with E-state index in [1.807, 2.05) is 41.3 Å².